The Hall–Kier alpha value is -2.39. The number of carbonyl (C=O) groups excluding carboxylic acids is 2. The van der Waals surface area contributed by atoms with Crippen LogP contribution in [0.15, 0.2) is 28.2 Å². The van der Waals surface area contributed by atoms with Crippen LogP contribution in [0.5, 0.6) is 0 Å². The number of ether oxygens (including phenoxy) is 1. The third-order valence-corrected chi connectivity index (χ3v) is 6.10. The Balaban J connectivity index is 1.91. The van der Waals surface area contributed by atoms with Crippen molar-refractivity contribution in [2.24, 2.45) is 5.92 Å². The zero-order valence-electron chi connectivity index (χ0n) is 18.2. The number of hydrogen-bond acceptors (Lipinski definition) is 7. The first-order chi connectivity index (χ1) is 14.8. The quantitative estimate of drug-likeness (QED) is 0.339. The molecule has 0 radical (unpaired) electrons. The highest BCUT2D eigenvalue weighted by molar-refractivity contribution is 7.99. The van der Waals surface area contributed by atoms with Crippen LogP contribution >= 0.6 is 11.8 Å². The van der Waals surface area contributed by atoms with Gasteiger partial charge in [0.25, 0.3) is 5.56 Å². The zero-order chi connectivity index (χ0) is 22.5. The maximum atomic E-state index is 13.1. The van der Waals surface area contributed by atoms with E-state index in [0.29, 0.717) is 34.1 Å². The van der Waals surface area contributed by atoms with E-state index in [2.05, 4.69) is 4.98 Å². The summed E-state index contributed by atoms with van der Waals surface area (Å²) in [5.74, 6) is 0.252. The van der Waals surface area contributed by atoms with Gasteiger partial charge in [-0.2, -0.15) is 0 Å². The molecule has 8 nitrogen and oxygen atoms in total. The van der Waals surface area contributed by atoms with Crippen LogP contribution in [0, 0.1) is 5.92 Å². The van der Waals surface area contributed by atoms with Crippen LogP contribution in [0.25, 0.3) is 10.9 Å². The average Bonchev–Trinajstić information content (AvgIpc) is 3.57. The van der Waals surface area contributed by atoms with Crippen LogP contribution in [0.1, 0.15) is 43.5 Å². The standard InChI is InChI=1S/C22H29N3O5S/c1-4-9-24(12-15-5-6-15)19(27)13-31-22-23-18-10-16(21(29)30-3)7-8-17(18)20(28)25(22)11-14(2)26/h7-8,10,14-15,26H,4-6,9,11-13H2,1-3H3/t14-/m0/s1. The monoisotopic (exact) mass is 447 g/mol. The summed E-state index contributed by atoms with van der Waals surface area (Å²) < 4.78 is 6.15. The molecular weight excluding hydrogens is 418 g/mol. The minimum atomic E-state index is -0.757. The van der Waals surface area contributed by atoms with Gasteiger partial charge in [-0.25, -0.2) is 9.78 Å². The highest BCUT2D eigenvalue weighted by atomic mass is 32.2. The summed E-state index contributed by atoms with van der Waals surface area (Å²) in [4.78, 5) is 44.2. The summed E-state index contributed by atoms with van der Waals surface area (Å²) in [6, 6.07) is 4.56. The Morgan fingerprint density at radius 3 is 2.74 bits per heavy atom. The van der Waals surface area contributed by atoms with Crippen molar-refractivity contribution in [2.45, 2.75) is 50.9 Å². The summed E-state index contributed by atoms with van der Waals surface area (Å²) in [6.45, 7) is 5.20. The summed E-state index contributed by atoms with van der Waals surface area (Å²) >= 11 is 1.18. The number of fused-ring (bicyclic) bond motifs is 1. The maximum Gasteiger partial charge on any atom is 0.337 e. The molecule has 1 atom stereocenters. The molecule has 0 unspecified atom stereocenters. The molecule has 0 aliphatic heterocycles. The largest absolute Gasteiger partial charge is 0.465 e. The predicted molar refractivity (Wildman–Crippen MR) is 119 cm³/mol. The van der Waals surface area contributed by atoms with Crippen LogP contribution in [0.4, 0.5) is 0 Å². The van der Waals surface area contributed by atoms with Crippen LogP contribution in [-0.2, 0) is 16.1 Å². The lowest BCUT2D eigenvalue weighted by atomic mass is 10.1. The molecule has 1 fully saturated rings. The Kier molecular flexibility index (Phi) is 7.72. The molecule has 1 aliphatic carbocycles. The van der Waals surface area contributed by atoms with E-state index in [1.54, 1.807) is 6.92 Å². The first kappa shape index (κ1) is 23.3. The van der Waals surface area contributed by atoms with Crippen molar-refractivity contribution in [3.05, 3.63) is 34.1 Å². The van der Waals surface area contributed by atoms with Gasteiger partial charge < -0.3 is 14.7 Å². The molecular formula is C22H29N3O5S. The van der Waals surface area contributed by atoms with E-state index in [1.165, 1.54) is 54.5 Å². The van der Waals surface area contributed by atoms with Crippen LogP contribution in [0.3, 0.4) is 0 Å². The SMILES string of the molecule is CCCN(CC1CC1)C(=O)CSc1nc2cc(C(=O)OC)ccc2c(=O)n1C[C@H](C)O. The van der Waals surface area contributed by atoms with E-state index < -0.39 is 12.1 Å². The van der Waals surface area contributed by atoms with Gasteiger partial charge in [-0.3, -0.25) is 14.2 Å². The predicted octanol–water partition coefficient (Wildman–Crippen LogP) is 2.30. The highest BCUT2D eigenvalue weighted by Crippen LogP contribution is 2.30. The van der Waals surface area contributed by atoms with Crippen molar-refractivity contribution >= 4 is 34.5 Å². The smallest absolute Gasteiger partial charge is 0.337 e. The fourth-order valence-corrected chi connectivity index (χ4v) is 4.31. The minimum absolute atomic E-state index is 0.0139. The number of aliphatic hydroxyl groups excluding tert-OH is 1. The Bertz CT molecular complexity index is 1020. The van der Waals surface area contributed by atoms with Gasteiger partial charge in [-0.1, -0.05) is 18.7 Å². The first-order valence-electron chi connectivity index (χ1n) is 10.6. The summed E-state index contributed by atoms with van der Waals surface area (Å²) in [6.07, 6.45) is 2.47. The average molecular weight is 448 g/mol. The van der Waals surface area contributed by atoms with Gasteiger partial charge in [-0.15, -0.1) is 0 Å². The highest BCUT2D eigenvalue weighted by Gasteiger charge is 2.26. The van der Waals surface area contributed by atoms with Crippen LogP contribution < -0.4 is 5.56 Å². The van der Waals surface area contributed by atoms with Crippen molar-refractivity contribution in [1.29, 1.82) is 0 Å². The second-order valence-corrected chi connectivity index (χ2v) is 8.90. The number of hydrogen-bond donors (Lipinski definition) is 1. The molecule has 3 rings (SSSR count). The Labute approximate surface area is 185 Å². The number of nitrogens with zero attached hydrogens (tertiary/aromatic N) is 3. The van der Waals surface area contributed by atoms with Gasteiger partial charge in [0.1, 0.15) is 0 Å². The molecule has 0 spiro atoms. The molecule has 9 heteroatoms. The molecule has 1 aliphatic rings. The molecule has 168 valence electrons. The molecule has 0 bridgehead atoms. The number of methoxy groups -OCH3 is 1. The number of thioether (sulfide) groups is 1. The number of carbonyl (C=O) groups is 2. The van der Waals surface area contributed by atoms with Crippen LogP contribution in [-0.4, -0.2) is 63.5 Å². The molecule has 2 aromatic rings. The van der Waals surface area contributed by atoms with Gasteiger partial charge in [0.2, 0.25) is 5.91 Å². The Morgan fingerprint density at radius 1 is 1.39 bits per heavy atom. The van der Waals surface area contributed by atoms with Crippen molar-refractivity contribution in [2.75, 3.05) is 26.0 Å². The number of benzene rings is 1. The van der Waals surface area contributed by atoms with Crippen molar-refractivity contribution in [3.63, 3.8) is 0 Å². The fourth-order valence-electron chi connectivity index (χ4n) is 3.40. The van der Waals surface area contributed by atoms with Gasteiger partial charge in [0.15, 0.2) is 5.16 Å². The molecule has 1 N–H and O–H groups in total. The van der Waals surface area contributed by atoms with E-state index in [1.807, 2.05) is 11.8 Å². The van der Waals surface area contributed by atoms with Crippen molar-refractivity contribution in [3.8, 4) is 0 Å². The number of esters is 1. The summed E-state index contributed by atoms with van der Waals surface area (Å²) in [7, 11) is 1.29. The number of aromatic nitrogens is 2. The number of amides is 1. The topological polar surface area (TPSA) is 102 Å². The molecule has 1 amide bonds. The lowest BCUT2D eigenvalue weighted by Crippen LogP contribution is -2.35. The van der Waals surface area contributed by atoms with Gasteiger partial charge in [-0.05, 0) is 50.3 Å². The number of aliphatic hydroxyl groups is 1. The third-order valence-electron chi connectivity index (χ3n) is 5.13. The first-order valence-corrected chi connectivity index (χ1v) is 11.5. The molecule has 1 aromatic heterocycles. The molecule has 1 aromatic carbocycles. The second kappa shape index (κ2) is 10.3. The van der Waals surface area contributed by atoms with E-state index in [9.17, 15) is 19.5 Å². The van der Waals surface area contributed by atoms with Crippen molar-refractivity contribution < 1.29 is 19.4 Å². The minimum Gasteiger partial charge on any atom is -0.465 e. The van der Waals surface area contributed by atoms with Crippen LogP contribution in [0.2, 0.25) is 0 Å². The summed E-state index contributed by atoms with van der Waals surface area (Å²) in [5.41, 5.74) is 0.328. The third kappa shape index (κ3) is 5.86. The van der Waals surface area contributed by atoms with E-state index in [-0.39, 0.29) is 23.8 Å². The van der Waals surface area contributed by atoms with Gasteiger partial charge >= 0.3 is 5.97 Å². The van der Waals surface area contributed by atoms with Crippen molar-refractivity contribution in [1.82, 2.24) is 14.5 Å². The second-order valence-electron chi connectivity index (χ2n) is 7.95. The molecule has 1 heterocycles. The summed E-state index contributed by atoms with van der Waals surface area (Å²) in [5, 5.41) is 10.6. The van der Waals surface area contributed by atoms with Gasteiger partial charge in [0, 0.05) is 13.1 Å². The van der Waals surface area contributed by atoms with E-state index in [0.717, 1.165) is 13.0 Å². The van der Waals surface area contributed by atoms with Gasteiger partial charge in [0.05, 0.1) is 42.0 Å². The molecule has 1 saturated carbocycles. The number of rotatable bonds is 10. The fraction of sp³-hybridized carbons (Fsp3) is 0.545. The molecule has 0 saturated heterocycles. The lowest BCUT2D eigenvalue weighted by molar-refractivity contribution is -0.128. The molecule has 31 heavy (non-hydrogen) atoms. The Morgan fingerprint density at radius 2 is 2.13 bits per heavy atom. The van der Waals surface area contributed by atoms with E-state index >= 15 is 0 Å². The zero-order valence-corrected chi connectivity index (χ0v) is 19.0. The lowest BCUT2D eigenvalue weighted by Gasteiger charge is -2.22. The maximum absolute atomic E-state index is 13.1. The van der Waals surface area contributed by atoms with E-state index in [4.69, 9.17) is 4.74 Å². The normalized spacial score (nSPS) is 14.5.